The summed E-state index contributed by atoms with van der Waals surface area (Å²) < 4.78 is 27.0. The van der Waals surface area contributed by atoms with Crippen molar-refractivity contribution in [3.63, 3.8) is 0 Å². The van der Waals surface area contributed by atoms with Crippen LogP contribution in [0.25, 0.3) is 0 Å². The summed E-state index contributed by atoms with van der Waals surface area (Å²) >= 11 is 0.981. The summed E-state index contributed by atoms with van der Waals surface area (Å²) in [4.78, 5) is 10.6. The molecule has 0 saturated heterocycles. The number of thioether (sulfide) groups is 1. The lowest BCUT2D eigenvalue weighted by Crippen LogP contribution is -2.13. The Hall–Kier alpha value is -2.57. The van der Waals surface area contributed by atoms with Gasteiger partial charge in [0.05, 0.1) is 15.5 Å². The highest BCUT2D eigenvalue weighted by atomic mass is 32.2. The Kier molecular flexibility index (Phi) is 4.88. The standard InChI is InChI=1S/C14H11N3O4S2/c1-10-8-12(22-9-15)4-7-14(10)16-23(20,21)13-5-2-11(3-6-13)17(18)19/h2-8,16H,1H3. The molecule has 2 aromatic carbocycles. The van der Waals surface area contributed by atoms with Crippen LogP contribution in [0, 0.1) is 27.7 Å². The number of rotatable bonds is 5. The van der Waals surface area contributed by atoms with Gasteiger partial charge < -0.3 is 0 Å². The second-order valence-corrected chi connectivity index (χ2v) is 7.07. The molecule has 0 aliphatic carbocycles. The number of nitro benzene ring substituents is 1. The highest BCUT2D eigenvalue weighted by Gasteiger charge is 2.17. The first-order valence-corrected chi connectivity index (χ1v) is 8.57. The van der Waals surface area contributed by atoms with Gasteiger partial charge in [-0.15, -0.1) is 0 Å². The maximum atomic E-state index is 12.3. The van der Waals surface area contributed by atoms with Crippen molar-refractivity contribution in [2.24, 2.45) is 0 Å². The molecule has 0 atom stereocenters. The van der Waals surface area contributed by atoms with Crippen molar-refractivity contribution in [2.45, 2.75) is 16.7 Å². The zero-order valence-electron chi connectivity index (χ0n) is 11.9. The van der Waals surface area contributed by atoms with Crippen LogP contribution < -0.4 is 4.72 Å². The second kappa shape index (κ2) is 6.68. The minimum atomic E-state index is -3.85. The average Bonchev–Trinajstić information content (AvgIpc) is 2.50. The van der Waals surface area contributed by atoms with E-state index >= 15 is 0 Å². The molecule has 0 amide bonds. The molecule has 0 heterocycles. The van der Waals surface area contributed by atoms with Crippen LogP contribution in [0.3, 0.4) is 0 Å². The van der Waals surface area contributed by atoms with Gasteiger partial charge >= 0.3 is 0 Å². The summed E-state index contributed by atoms with van der Waals surface area (Å²) in [6, 6.07) is 9.52. The van der Waals surface area contributed by atoms with E-state index in [-0.39, 0.29) is 10.6 Å². The summed E-state index contributed by atoms with van der Waals surface area (Å²) in [7, 11) is -3.85. The van der Waals surface area contributed by atoms with Crippen molar-refractivity contribution < 1.29 is 13.3 Å². The Balaban J connectivity index is 2.27. The maximum Gasteiger partial charge on any atom is 0.269 e. The lowest BCUT2D eigenvalue weighted by molar-refractivity contribution is -0.384. The van der Waals surface area contributed by atoms with Crippen LogP contribution in [-0.2, 0) is 10.0 Å². The molecule has 23 heavy (non-hydrogen) atoms. The van der Waals surface area contributed by atoms with Gasteiger partial charge in [0.15, 0.2) is 0 Å². The van der Waals surface area contributed by atoms with Crippen LogP contribution >= 0.6 is 11.8 Å². The van der Waals surface area contributed by atoms with Crippen LogP contribution in [0.4, 0.5) is 11.4 Å². The molecule has 0 spiro atoms. The molecule has 0 aliphatic rings. The van der Waals surface area contributed by atoms with Crippen LogP contribution in [0.2, 0.25) is 0 Å². The normalized spacial score (nSPS) is 10.8. The molecule has 2 aromatic rings. The largest absolute Gasteiger partial charge is 0.279 e. The predicted molar refractivity (Wildman–Crippen MR) is 86.6 cm³/mol. The SMILES string of the molecule is Cc1cc(SC#N)ccc1NS(=O)(=O)c1ccc([N+](=O)[O-])cc1. The third kappa shape index (κ3) is 4.00. The Morgan fingerprint density at radius 1 is 1.22 bits per heavy atom. The van der Waals surface area contributed by atoms with E-state index in [9.17, 15) is 18.5 Å². The van der Waals surface area contributed by atoms with E-state index in [0.717, 1.165) is 23.9 Å². The smallest absolute Gasteiger partial charge is 0.269 e. The topological polar surface area (TPSA) is 113 Å². The van der Waals surface area contributed by atoms with Crippen molar-refractivity contribution in [2.75, 3.05) is 4.72 Å². The van der Waals surface area contributed by atoms with E-state index in [1.165, 1.54) is 12.1 Å². The number of hydrogen-bond donors (Lipinski definition) is 1. The Morgan fingerprint density at radius 2 is 1.87 bits per heavy atom. The molecule has 0 aliphatic heterocycles. The van der Waals surface area contributed by atoms with Crippen LogP contribution in [-0.4, -0.2) is 13.3 Å². The zero-order valence-corrected chi connectivity index (χ0v) is 13.5. The molecule has 118 valence electrons. The molecular formula is C14H11N3O4S2. The molecule has 2 rings (SSSR count). The number of non-ortho nitro benzene ring substituents is 1. The molecule has 0 saturated carbocycles. The molecule has 0 radical (unpaired) electrons. The van der Waals surface area contributed by atoms with E-state index in [4.69, 9.17) is 5.26 Å². The molecule has 9 heteroatoms. The fourth-order valence-electron chi connectivity index (χ4n) is 1.82. The number of nitro groups is 1. The van der Waals surface area contributed by atoms with Crippen molar-refractivity contribution in [3.8, 4) is 5.40 Å². The van der Waals surface area contributed by atoms with Gasteiger partial charge in [-0.3, -0.25) is 14.8 Å². The lowest BCUT2D eigenvalue weighted by Gasteiger charge is -2.11. The van der Waals surface area contributed by atoms with Crippen molar-refractivity contribution >= 4 is 33.2 Å². The Bertz CT molecular complexity index is 887. The summed E-state index contributed by atoms with van der Waals surface area (Å²) in [5.41, 5.74) is 0.861. The molecular weight excluding hydrogens is 338 g/mol. The minimum absolute atomic E-state index is 0.0713. The first kappa shape index (κ1) is 16.8. The van der Waals surface area contributed by atoms with Crippen molar-refractivity contribution in [3.05, 3.63) is 58.1 Å². The number of anilines is 1. The zero-order chi connectivity index (χ0) is 17.0. The average molecular weight is 349 g/mol. The molecule has 0 unspecified atom stereocenters. The van der Waals surface area contributed by atoms with Gasteiger partial charge in [-0.2, -0.15) is 5.26 Å². The number of nitrogens with zero attached hydrogens (tertiary/aromatic N) is 2. The number of nitriles is 1. The number of nitrogens with one attached hydrogen (secondary N) is 1. The number of benzene rings is 2. The second-order valence-electron chi connectivity index (χ2n) is 4.53. The van der Waals surface area contributed by atoms with Gasteiger partial charge in [0, 0.05) is 17.0 Å². The van der Waals surface area contributed by atoms with Crippen molar-refractivity contribution in [1.82, 2.24) is 0 Å². The summed E-state index contributed by atoms with van der Waals surface area (Å²) in [5, 5.41) is 21.2. The number of sulfonamides is 1. The number of hydrogen-bond acceptors (Lipinski definition) is 6. The molecule has 0 aromatic heterocycles. The fourth-order valence-corrected chi connectivity index (χ4v) is 3.43. The monoisotopic (exact) mass is 349 g/mol. The first-order chi connectivity index (χ1) is 10.8. The van der Waals surface area contributed by atoms with Gasteiger partial charge in [0.2, 0.25) is 0 Å². The molecule has 0 fully saturated rings. The Labute approximate surface area is 137 Å². The van der Waals surface area contributed by atoms with E-state index < -0.39 is 14.9 Å². The first-order valence-electron chi connectivity index (χ1n) is 6.27. The fraction of sp³-hybridized carbons (Fsp3) is 0.0714. The third-order valence-electron chi connectivity index (χ3n) is 2.96. The van der Waals surface area contributed by atoms with Crippen LogP contribution in [0.1, 0.15) is 5.56 Å². The van der Waals surface area contributed by atoms with E-state index in [2.05, 4.69) is 4.72 Å². The summed E-state index contributed by atoms with van der Waals surface area (Å²) in [6.45, 7) is 1.72. The predicted octanol–water partition coefficient (Wildman–Crippen LogP) is 3.28. The van der Waals surface area contributed by atoms with Gasteiger partial charge in [0.25, 0.3) is 15.7 Å². The maximum absolute atomic E-state index is 12.3. The van der Waals surface area contributed by atoms with Gasteiger partial charge in [0.1, 0.15) is 5.40 Å². The van der Waals surface area contributed by atoms with Crippen LogP contribution in [0.5, 0.6) is 0 Å². The Morgan fingerprint density at radius 3 is 2.39 bits per heavy atom. The van der Waals surface area contributed by atoms with Gasteiger partial charge in [-0.1, -0.05) is 0 Å². The van der Waals surface area contributed by atoms with Gasteiger partial charge in [-0.25, -0.2) is 8.42 Å². The number of aryl methyl sites for hydroxylation is 1. The van der Waals surface area contributed by atoms with Gasteiger partial charge in [-0.05, 0) is 54.6 Å². The van der Waals surface area contributed by atoms with Crippen molar-refractivity contribution in [1.29, 1.82) is 5.26 Å². The minimum Gasteiger partial charge on any atom is -0.279 e. The van der Waals surface area contributed by atoms with E-state index in [1.807, 2.05) is 5.40 Å². The third-order valence-corrected chi connectivity index (χ3v) is 4.93. The van der Waals surface area contributed by atoms with E-state index in [0.29, 0.717) is 16.1 Å². The summed E-state index contributed by atoms with van der Waals surface area (Å²) in [6.07, 6.45) is 0. The molecule has 0 bridgehead atoms. The molecule has 7 nitrogen and oxygen atoms in total. The summed E-state index contributed by atoms with van der Waals surface area (Å²) in [5.74, 6) is 0. The number of thiocyanates is 1. The highest BCUT2D eigenvalue weighted by Crippen LogP contribution is 2.25. The highest BCUT2D eigenvalue weighted by molar-refractivity contribution is 8.03. The lowest BCUT2D eigenvalue weighted by atomic mass is 10.2. The van der Waals surface area contributed by atoms with Crippen LogP contribution in [0.15, 0.2) is 52.3 Å². The quantitative estimate of drug-likeness (QED) is 0.383. The molecule has 1 N–H and O–H groups in total. The van der Waals surface area contributed by atoms with E-state index in [1.54, 1.807) is 25.1 Å².